The van der Waals surface area contributed by atoms with Crippen molar-refractivity contribution in [1.82, 2.24) is 0 Å². The molecule has 0 heterocycles. The van der Waals surface area contributed by atoms with Crippen molar-refractivity contribution in [2.75, 3.05) is 0 Å². The topological polar surface area (TPSA) is 58.0 Å². The Labute approximate surface area is 89.3 Å². The summed E-state index contributed by atoms with van der Waals surface area (Å²) in [5, 5.41) is 3.42. The van der Waals surface area contributed by atoms with Gasteiger partial charge in [-0.25, -0.2) is 0 Å². The van der Waals surface area contributed by atoms with Crippen molar-refractivity contribution >= 4 is 0 Å². The molecular weight excluding hydrogens is 223 g/mol. The van der Waals surface area contributed by atoms with Crippen LogP contribution in [-0.2, 0) is 0 Å². The fourth-order valence-corrected chi connectivity index (χ4v) is 1.09. The van der Waals surface area contributed by atoms with Crippen LogP contribution in [0.5, 0.6) is 5.75 Å². The molecule has 0 aromatic heterocycles. The van der Waals surface area contributed by atoms with E-state index in [1.807, 2.05) is 0 Å². The van der Waals surface area contributed by atoms with Crippen LogP contribution in [0.15, 0.2) is 29.4 Å². The van der Waals surface area contributed by atoms with Crippen molar-refractivity contribution in [1.29, 1.82) is 0 Å². The van der Waals surface area contributed by atoms with E-state index >= 15 is 0 Å². The highest BCUT2D eigenvalue weighted by Crippen LogP contribution is 2.25. The summed E-state index contributed by atoms with van der Waals surface area (Å²) in [5.74, 6) is -0.301. The summed E-state index contributed by atoms with van der Waals surface area (Å²) < 4.78 is 39.2. The third-order valence-corrected chi connectivity index (χ3v) is 1.82. The zero-order valence-electron chi connectivity index (χ0n) is 8.27. The SMILES string of the molecule is C[C@@H](N=[N+]=[N-])c1ccc(OC(F)(F)F)cc1. The highest BCUT2D eigenvalue weighted by atomic mass is 19.4. The molecular formula is C9H8F3N3O. The number of hydrogen-bond donors (Lipinski definition) is 0. The quantitative estimate of drug-likeness (QED) is 0.441. The molecule has 0 saturated heterocycles. The summed E-state index contributed by atoms with van der Waals surface area (Å²) in [4.78, 5) is 2.61. The van der Waals surface area contributed by atoms with Gasteiger partial charge in [0.15, 0.2) is 0 Å². The highest BCUT2D eigenvalue weighted by Gasteiger charge is 2.30. The Morgan fingerprint density at radius 1 is 1.31 bits per heavy atom. The number of benzene rings is 1. The fourth-order valence-electron chi connectivity index (χ4n) is 1.09. The van der Waals surface area contributed by atoms with Gasteiger partial charge in [0, 0.05) is 4.91 Å². The summed E-state index contributed by atoms with van der Waals surface area (Å²) in [6.45, 7) is 1.64. The lowest BCUT2D eigenvalue weighted by atomic mass is 10.1. The summed E-state index contributed by atoms with van der Waals surface area (Å²) in [6.07, 6.45) is -4.70. The third-order valence-electron chi connectivity index (χ3n) is 1.82. The largest absolute Gasteiger partial charge is 0.573 e. The van der Waals surface area contributed by atoms with E-state index in [-0.39, 0.29) is 5.75 Å². The van der Waals surface area contributed by atoms with Crippen molar-refractivity contribution in [2.45, 2.75) is 19.3 Å². The van der Waals surface area contributed by atoms with E-state index in [1.54, 1.807) is 6.92 Å². The minimum atomic E-state index is -4.70. The molecule has 0 spiro atoms. The molecule has 1 rings (SSSR count). The lowest BCUT2D eigenvalue weighted by Gasteiger charge is -2.10. The Morgan fingerprint density at radius 2 is 1.88 bits per heavy atom. The van der Waals surface area contributed by atoms with Gasteiger partial charge >= 0.3 is 6.36 Å². The molecule has 0 bridgehead atoms. The zero-order chi connectivity index (χ0) is 12.2. The molecule has 7 heteroatoms. The summed E-state index contributed by atoms with van der Waals surface area (Å²) in [5.41, 5.74) is 8.81. The van der Waals surface area contributed by atoms with Crippen LogP contribution in [0.1, 0.15) is 18.5 Å². The maximum atomic E-state index is 11.8. The zero-order valence-corrected chi connectivity index (χ0v) is 8.27. The number of azide groups is 1. The van der Waals surface area contributed by atoms with Gasteiger partial charge in [-0.3, -0.25) is 0 Å². The number of halogens is 3. The van der Waals surface area contributed by atoms with E-state index in [0.29, 0.717) is 5.56 Å². The summed E-state index contributed by atoms with van der Waals surface area (Å²) in [6, 6.07) is 4.75. The molecule has 0 aliphatic heterocycles. The van der Waals surface area contributed by atoms with Crippen molar-refractivity contribution < 1.29 is 17.9 Å². The number of rotatable bonds is 3. The Morgan fingerprint density at radius 3 is 2.31 bits per heavy atom. The van der Waals surface area contributed by atoms with Crippen LogP contribution in [0.25, 0.3) is 10.4 Å². The lowest BCUT2D eigenvalue weighted by molar-refractivity contribution is -0.274. The van der Waals surface area contributed by atoms with E-state index < -0.39 is 12.4 Å². The first kappa shape index (κ1) is 12.2. The molecule has 0 saturated carbocycles. The Hall–Kier alpha value is -1.88. The first-order chi connectivity index (χ1) is 7.42. The molecule has 0 aliphatic carbocycles. The van der Waals surface area contributed by atoms with E-state index in [2.05, 4.69) is 14.8 Å². The van der Waals surface area contributed by atoms with Gasteiger partial charge in [0.25, 0.3) is 0 Å². The average Bonchev–Trinajstić information content (AvgIpc) is 2.16. The molecule has 0 radical (unpaired) electrons. The molecule has 16 heavy (non-hydrogen) atoms. The Kier molecular flexibility index (Phi) is 3.63. The molecule has 0 aliphatic rings. The molecule has 0 amide bonds. The molecule has 0 fully saturated rings. The first-order valence-electron chi connectivity index (χ1n) is 4.32. The predicted molar refractivity (Wildman–Crippen MR) is 50.7 cm³/mol. The lowest BCUT2D eigenvalue weighted by Crippen LogP contribution is -2.17. The van der Waals surface area contributed by atoms with Crippen LogP contribution in [-0.4, -0.2) is 6.36 Å². The predicted octanol–water partition coefficient (Wildman–Crippen LogP) is 3.96. The van der Waals surface area contributed by atoms with Crippen LogP contribution in [0, 0.1) is 0 Å². The van der Waals surface area contributed by atoms with Gasteiger partial charge in [0.1, 0.15) is 5.75 Å². The molecule has 0 N–H and O–H groups in total. The maximum absolute atomic E-state index is 11.8. The monoisotopic (exact) mass is 231 g/mol. The number of alkyl halides is 3. The molecule has 0 unspecified atom stereocenters. The molecule has 1 aromatic carbocycles. The number of ether oxygens (including phenoxy) is 1. The van der Waals surface area contributed by atoms with Crippen LogP contribution < -0.4 is 4.74 Å². The van der Waals surface area contributed by atoms with Crippen LogP contribution in [0.4, 0.5) is 13.2 Å². The minimum Gasteiger partial charge on any atom is -0.406 e. The molecule has 86 valence electrons. The Balaban J connectivity index is 2.79. The second-order valence-electron chi connectivity index (χ2n) is 3.00. The van der Waals surface area contributed by atoms with E-state index in [4.69, 9.17) is 5.53 Å². The van der Waals surface area contributed by atoms with Crippen molar-refractivity contribution in [3.63, 3.8) is 0 Å². The van der Waals surface area contributed by atoms with Crippen molar-refractivity contribution in [3.8, 4) is 5.75 Å². The third kappa shape index (κ3) is 3.70. The van der Waals surface area contributed by atoms with E-state index in [9.17, 15) is 13.2 Å². The second-order valence-corrected chi connectivity index (χ2v) is 3.00. The van der Waals surface area contributed by atoms with Crippen LogP contribution in [0.3, 0.4) is 0 Å². The van der Waals surface area contributed by atoms with Crippen LogP contribution >= 0.6 is 0 Å². The number of hydrogen-bond acceptors (Lipinski definition) is 2. The van der Waals surface area contributed by atoms with E-state index in [1.165, 1.54) is 24.3 Å². The molecule has 4 nitrogen and oxygen atoms in total. The standard InChI is InChI=1S/C9H8F3N3O/c1-6(14-15-13)7-2-4-8(5-3-7)16-9(10,11)12/h2-6H,1H3/t6-/m1/s1. The van der Waals surface area contributed by atoms with Gasteiger partial charge in [-0.15, -0.1) is 13.2 Å². The summed E-state index contributed by atoms with van der Waals surface area (Å²) in [7, 11) is 0. The average molecular weight is 231 g/mol. The highest BCUT2D eigenvalue weighted by molar-refractivity contribution is 5.29. The minimum absolute atomic E-state index is 0.301. The Bertz CT molecular complexity index is 395. The molecule has 1 aromatic rings. The van der Waals surface area contributed by atoms with Crippen molar-refractivity contribution in [2.24, 2.45) is 5.11 Å². The van der Waals surface area contributed by atoms with Crippen LogP contribution in [0.2, 0.25) is 0 Å². The summed E-state index contributed by atoms with van der Waals surface area (Å²) >= 11 is 0. The van der Waals surface area contributed by atoms with Gasteiger partial charge in [-0.1, -0.05) is 24.2 Å². The maximum Gasteiger partial charge on any atom is 0.573 e. The van der Waals surface area contributed by atoms with Crippen molar-refractivity contribution in [3.05, 3.63) is 40.3 Å². The van der Waals surface area contributed by atoms with Gasteiger partial charge in [-0.05, 0) is 23.2 Å². The smallest absolute Gasteiger partial charge is 0.406 e. The fraction of sp³-hybridized carbons (Fsp3) is 0.333. The first-order valence-corrected chi connectivity index (χ1v) is 4.32. The van der Waals surface area contributed by atoms with Gasteiger partial charge in [-0.2, -0.15) is 0 Å². The molecule has 1 atom stereocenters. The van der Waals surface area contributed by atoms with Gasteiger partial charge < -0.3 is 4.74 Å². The van der Waals surface area contributed by atoms with Gasteiger partial charge in [0.2, 0.25) is 0 Å². The normalized spacial score (nSPS) is 12.8. The second kappa shape index (κ2) is 4.76. The van der Waals surface area contributed by atoms with Gasteiger partial charge in [0.05, 0.1) is 6.04 Å². The number of nitrogens with zero attached hydrogens (tertiary/aromatic N) is 3. The van der Waals surface area contributed by atoms with E-state index in [0.717, 1.165) is 0 Å².